The summed E-state index contributed by atoms with van der Waals surface area (Å²) in [6.07, 6.45) is 6.98. The van der Waals surface area contributed by atoms with E-state index in [1.54, 1.807) is 6.33 Å². The van der Waals surface area contributed by atoms with Crippen LogP contribution in [0.4, 0.5) is 0 Å². The zero-order valence-corrected chi connectivity index (χ0v) is 15.6. The highest BCUT2D eigenvalue weighted by molar-refractivity contribution is 7.90. The minimum absolute atomic E-state index is 0.0376. The summed E-state index contributed by atoms with van der Waals surface area (Å²) in [4.78, 5) is 18.5. The first-order chi connectivity index (χ1) is 11.3. The van der Waals surface area contributed by atoms with Crippen LogP contribution in [0.1, 0.15) is 31.9 Å². The lowest BCUT2D eigenvalue weighted by atomic mass is 9.98. The van der Waals surface area contributed by atoms with Crippen molar-refractivity contribution in [2.45, 2.75) is 38.8 Å². The molecular weight excluding hydrogens is 328 g/mol. The fourth-order valence-corrected chi connectivity index (χ4v) is 3.80. The van der Waals surface area contributed by atoms with E-state index in [1.165, 1.54) is 0 Å². The number of carbonyl (C=O) groups is 1. The molecule has 1 aliphatic heterocycles. The number of aryl methyl sites for hydroxylation is 1. The van der Waals surface area contributed by atoms with E-state index in [2.05, 4.69) is 22.1 Å². The van der Waals surface area contributed by atoms with Crippen LogP contribution in [0.25, 0.3) is 0 Å². The zero-order chi connectivity index (χ0) is 17.7. The average molecular weight is 356 g/mol. The summed E-state index contributed by atoms with van der Waals surface area (Å²) < 4.78 is 24.4. The van der Waals surface area contributed by atoms with Gasteiger partial charge in [-0.2, -0.15) is 0 Å². The maximum atomic E-state index is 12.1. The van der Waals surface area contributed by atoms with E-state index in [0.717, 1.165) is 44.4 Å². The molecule has 0 unspecified atom stereocenters. The standard InChI is InChI=1S/C16H28N4O3S/c1-4-5-13-9-20(10-14-8-17-12-19(14)2)11-15(13)18-16(21)6-7-24(3,22)23/h8,12-13,15H,4-7,9-11H2,1-3H3,(H,18,21)/t13-,15-/m1/s1. The molecule has 2 heterocycles. The van der Waals surface area contributed by atoms with Crippen molar-refractivity contribution < 1.29 is 13.2 Å². The quantitative estimate of drug-likeness (QED) is 0.736. The van der Waals surface area contributed by atoms with Crippen molar-refractivity contribution in [2.24, 2.45) is 13.0 Å². The Kier molecular flexibility index (Phi) is 6.40. The highest BCUT2D eigenvalue weighted by atomic mass is 32.2. The number of hydrogen-bond donors (Lipinski definition) is 1. The molecule has 7 nitrogen and oxygen atoms in total. The Morgan fingerprint density at radius 3 is 2.75 bits per heavy atom. The number of carbonyl (C=O) groups excluding carboxylic acids is 1. The minimum atomic E-state index is -3.11. The van der Waals surface area contributed by atoms with Gasteiger partial charge in [0.15, 0.2) is 0 Å². The van der Waals surface area contributed by atoms with Crippen LogP contribution in [0.5, 0.6) is 0 Å². The Morgan fingerprint density at radius 2 is 2.17 bits per heavy atom. The van der Waals surface area contributed by atoms with Crippen molar-refractivity contribution in [3.8, 4) is 0 Å². The van der Waals surface area contributed by atoms with Crippen molar-refractivity contribution in [3.05, 3.63) is 18.2 Å². The van der Waals surface area contributed by atoms with Crippen LogP contribution in [-0.4, -0.2) is 59.9 Å². The summed E-state index contributed by atoms with van der Waals surface area (Å²) in [5.74, 6) is 0.141. The van der Waals surface area contributed by atoms with Gasteiger partial charge in [0.2, 0.25) is 5.91 Å². The Labute approximate surface area is 144 Å². The van der Waals surface area contributed by atoms with Crippen LogP contribution in [0.15, 0.2) is 12.5 Å². The van der Waals surface area contributed by atoms with Crippen LogP contribution in [0, 0.1) is 5.92 Å². The second-order valence-electron chi connectivity index (χ2n) is 6.79. The Balaban J connectivity index is 1.92. The van der Waals surface area contributed by atoms with Gasteiger partial charge in [-0.3, -0.25) is 9.69 Å². The summed E-state index contributed by atoms with van der Waals surface area (Å²) in [7, 11) is -1.13. The molecule has 0 aromatic carbocycles. The monoisotopic (exact) mass is 356 g/mol. The average Bonchev–Trinajstić information content (AvgIpc) is 3.04. The van der Waals surface area contributed by atoms with Crippen LogP contribution < -0.4 is 5.32 Å². The fourth-order valence-electron chi connectivity index (χ4n) is 3.24. The van der Waals surface area contributed by atoms with Crippen molar-refractivity contribution >= 4 is 15.7 Å². The van der Waals surface area contributed by atoms with Gasteiger partial charge in [-0.05, 0) is 12.3 Å². The molecule has 0 radical (unpaired) electrons. The number of sulfone groups is 1. The molecule has 2 atom stereocenters. The van der Waals surface area contributed by atoms with Crippen molar-refractivity contribution in [1.82, 2.24) is 19.8 Å². The first-order valence-electron chi connectivity index (χ1n) is 8.43. The molecule has 1 saturated heterocycles. The Morgan fingerprint density at radius 1 is 1.42 bits per heavy atom. The van der Waals surface area contributed by atoms with Gasteiger partial charge >= 0.3 is 0 Å². The van der Waals surface area contributed by atoms with Crippen molar-refractivity contribution in [3.63, 3.8) is 0 Å². The smallest absolute Gasteiger partial charge is 0.221 e. The maximum Gasteiger partial charge on any atom is 0.221 e. The molecule has 1 aromatic heterocycles. The molecule has 1 fully saturated rings. The summed E-state index contributed by atoms with van der Waals surface area (Å²) in [5.41, 5.74) is 1.15. The van der Waals surface area contributed by atoms with Gasteiger partial charge in [-0.1, -0.05) is 13.3 Å². The molecule has 24 heavy (non-hydrogen) atoms. The highest BCUT2D eigenvalue weighted by Gasteiger charge is 2.33. The van der Waals surface area contributed by atoms with E-state index >= 15 is 0 Å². The van der Waals surface area contributed by atoms with Crippen molar-refractivity contribution in [1.29, 1.82) is 0 Å². The van der Waals surface area contributed by atoms with Gasteiger partial charge in [0.25, 0.3) is 0 Å². The highest BCUT2D eigenvalue weighted by Crippen LogP contribution is 2.23. The molecule has 0 saturated carbocycles. The Hall–Kier alpha value is -1.41. The van der Waals surface area contributed by atoms with E-state index < -0.39 is 9.84 Å². The number of hydrogen-bond acceptors (Lipinski definition) is 5. The normalized spacial score (nSPS) is 22.0. The number of rotatable bonds is 8. The third-order valence-electron chi connectivity index (χ3n) is 4.52. The number of aromatic nitrogens is 2. The van der Waals surface area contributed by atoms with Crippen molar-refractivity contribution in [2.75, 3.05) is 25.1 Å². The van der Waals surface area contributed by atoms with Gasteiger partial charge in [0.1, 0.15) is 9.84 Å². The molecule has 0 aliphatic carbocycles. The molecule has 1 amide bonds. The first-order valence-corrected chi connectivity index (χ1v) is 10.5. The van der Waals surface area contributed by atoms with E-state index in [-0.39, 0.29) is 24.1 Å². The number of amides is 1. The number of nitrogens with zero attached hydrogens (tertiary/aromatic N) is 3. The molecule has 136 valence electrons. The molecule has 2 rings (SSSR count). The topological polar surface area (TPSA) is 84.3 Å². The van der Waals surface area contributed by atoms with E-state index in [0.29, 0.717) is 5.92 Å². The zero-order valence-electron chi connectivity index (χ0n) is 14.7. The van der Waals surface area contributed by atoms with Crippen LogP contribution in [0.3, 0.4) is 0 Å². The molecule has 0 bridgehead atoms. The van der Waals surface area contributed by atoms with E-state index in [1.807, 2.05) is 17.8 Å². The predicted octanol–water partition coefficient (Wildman–Crippen LogP) is 0.572. The number of imidazole rings is 1. The van der Waals surface area contributed by atoms with E-state index in [9.17, 15) is 13.2 Å². The van der Waals surface area contributed by atoms with Gasteiger partial charge in [-0.25, -0.2) is 13.4 Å². The lowest BCUT2D eigenvalue weighted by Crippen LogP contribution is -2.41. The minimum Gasteiger partial charge on any atom is -0.352 e. The van der Waals surface area contributed by atoms with E-state index in [4.69, 9.17) is 0 Å². The lowest BCUT2D eigenvalue weighted by molar-refractivity contribution is -0.121. The molecule has 8 heteroatoms. The summed E-state index contributed by atoms with van der Waals surface area (Å²) >= 11 is 0. The molecule has 1 aromatic rings. The molecule has 1 aliphatic rings. The molecule has 0 spiro atoms. The largest absolute Gasteiger partial charge is 0.352 e. The van der Waals surface area contributed by atoms with Gasteiger partial charge in [0.05, 0.1) is 17.8 Å². The second kappa shape index (κ2) is 8.11. The SMILES string of the molecule is CCC[C@@H]1CN(Cc2cncn2C)C[C@H]1NC(=O)CCS(C)(=O)=O. The predicted molar refractivity (Wildman–Crippen MR) is 93.1 cm³/mol. The maximum absolute atomic E-state index is 12.1. The summed E-state index contributed by atoms with van der Waals surface area (Å²) in [6.45, 7) is 4.69. The summed E-state index contributed by atoms with van der Waals surface area (Å²) in [6, 6.07) is 0.0882. The second-order valence-corrected chi connectivity index (χ2v) is 9.05. The third-order valence-corrected chi connectivity index (χ3v) is 5.47. The van der Waals surface area contributed by atoms with Gasteiger partial charge in [0, 0.05) is 51.6 Å². The third kappa shape index (κ3) is 5.59. The van der Waals surface area contributed by atoms with Gasteiger partial charge < -0.3 is 9.88 Å². The van der Waals surface area contributed by atoms with Crippen LogP contribution >= 0.6 is 0 Å². The number of likely N-dealkylation sites (tertiary alicyclic amines) is 1. The number of nitrogens with one attached hydrogen (secondary N) is 1. The summed E-state index contributed by atoms with van der Waals surface area (Å²) in [5, 5.41) is 3.04. The first kappa shape index (κ1) is 18.9. The lowest BCUT2D eigenvalue weighted by Gasteiger charge is -2.19. The molecule has 1 N–H and O–H groups in total. The van der Waals surface area contributed by atoms with Crippen LogP contribution in [0.2, 0.25) is 0 Å². The Bertz CT molecular complexity index is 656. The fraction of sp³-hybridized carbons (Fsp3) is 0.750. The molecular formula is C16H28N4O3S. The van der Waals surface area contributed by atoms with Gasteiger partial charge in [-0.15, -0.1) is 0 Å². The van der Waals surface area contributed by atoms with Crippen LogP contribution in [-0.2, 0) is 28.2 Å².